The maximum absolute atomic E-state index is 5.02. The van der Waals surface area contributed by atoms with Crippen LogP contribution in [-0.4, -0.2) is 29.1 Å². The van der Waals surface area contributed by atoms with Crippen LogP contribution in [0.1, 0.15) is 0 Å². The van der Waals surface area contributed by atoms with Crippen LogP contribution < -0.4 is 0 Å². The van der Waals surface area contributed by atoms with E-state index in [1.165, 1.54) is 21.8 Å². The minimum atomic E-state index is 0.607. The first-order valence-corrected chi connectivity index (χ1v) is 18.7. The van der Waals surface area contributed by atoms with Crippen LogP contribution in [-0.2, 0) is 0 Å². The third-order valence-electron chi connectivity index (χ3n) is 10.6. The van der Waals surface area contributed by atoms with Crippen molar-refractivity contribution in [2.45, 2.75) is 0 Å². The predicted octanol–water partition coefficient (Wildman–Crippen LogP) is 12.1. The van der Waals surface area contributed by atoms with Crippen molar-refractivity contribution in [1.29, 1.82) is 0 Å². The van der Waals surface area contributed by atoms with E-state index in [-0.39, 0.29) is 0 Å². The van der Waals surface area contributed by atoms with Gasteiger partial charge >= 0.3 is 0 Å². The van der Waals surface area contributed by atoms with Gasteiger partial charge in [0.1, 0.15) is 5.65 Å². The number of para-hydroxylation sites is 2. The molecule has 0 unspecified atom stereocenters. The number of fused-ring (bicyclic) bond motifs is 6. The maximum Gasteiger partial charge on any atom is 0.164 e. The number of nitrogens with zero attached hydrogens (tertiary/aromatic N) is 6. The molecule has 11 rings (SSSR count). The van der Waals surface area contributed by atoms with Gasteiger partial charge in [-0.15, -0.1) is 0 Å². The molecule has 4 aromatic heterocycles. The van der Waals surface area contributed by atoms with Gasteiger partial charge in [-0.3, -0.25) is 4.57 Å². The summed E-state index contributed by atoms with van der Waals surface area (Å²) in [6.45, 7) is 0. The summed E-state index contributed by atoms with van der Waals surface area (Å²) in [6.07, 6.45) is 1.86. The van der Waals surface area contributed by atoms with E-state index >= 15 is 0 Å². The highest BCUT2D eigenvalue weighted by atomic mass is 15.1. The van der Waals surface area contributed by atoms with Gasteiger partial charge in [0.2, 0.25) is 0 Å². The Bertz CT molecular complexity index is 3180. The van der Waals surface area contributed by atoms with Gasteiger partial charge in [-0.2, -0.15) is 0 Å². The number of rotatable bonds is 6. The standard InChI is InChI=1S/C50H32N6/c1-4-14-33(15-5-1)47-52-48(34-16-6-2-7-17-34)54-49(53-47)37-18-12-21-39(30-37)56-46-32-36(26-28-42(46)43-23-13-29-51-50(43)56)35-25-27-41-40-22-10-11-24-44(40)55(45(41)31-35)38-19-8-3-9-20-38/h1-32H. The Hall–Kier alpha value is -7.70. The van der Waals surface area contributed by atoms with Crippen LogP contribution in [0.3, 0.4) is 0 Å². The molecule has 56 heavy (non-hydrogen) atoms. The summed E-state index contributed by atoms with van der Waals surface area (Å²) >= 11 is 0. The monoisotopic (exact) mass is 716 g/mol. The molecule has 0 radical (unpaired) electrons. The molecule has 0 aliphatic carbocycles. The average molecular weight is 717 g/mol. The van der Waals surface area contributed by atoms with Gasteiger partial charge in [0.05, 0.1) is 16.6 Å². The second kappa shape index (κ2) is 13.0. The fourth-order valence-corrected chi connectivity index (χ4v) is 8.01. The highest BCUT2D eigenvalue weighted by Crippen LogP contribution is 2.38. The Kier molecular flexibility index (Phi) is 7.38. The van der Waals surface area contributed by atoms with Crippen molar-refractivity contribution >= 4 is 43.7 Å². The van der Waals surface area contributed by atoms with Crippen LogP contribution in [0.5, 0.6) is 0 Å². The number of benzene rings is 7. The van der Waals surface area contributed by atoms with Crippen molar-refractivity contribution in [3.63, 3.8) is 0 Å². The number of hydrogen-bond donors (Lipinski definition) is 0. The lowest BCUT2D eigenvalue weighted by Crippen LogP contribution is -2.01. The molecule has 0 N–H and O–H groups in total. The highest BCUT2D eigenvalue weighted by molar-refractivity contribution is 6.11. The molecule has 11 aromatic rings. The summed E-state index contributed by atoms with van der Waals surface area (Å²) in [5, 5.41) is 4.70. The largest absolute Gasteiger partial charge is 0.309 e. The molecule has 262 valence electrons. The molecule has 0 aliphatic rings. The smallest absolute Gasteiger partial charge is 0.164 e. The summed E-state index contributed by atoms with van der Waals surface area (Å²) in [6, 6.07) is 65.6. The van der Waals surface area contributed by atoms with Crippen LogP contribution in [0.15, 0.2) is 194 Å². The molecule has 0 amide bonds. The van der Waals surface area contributed by atoms with Gasteiger partial charge in [0.25, 0.3) is 0 Å². The van der Waals surface area contributed by atoms with Gasteiger partial charge in [-0.05, 0) is 65.7 Å². The molecule has 0 atom stereocenters. The Labute approximate surface area is 322 Å². The van der Waals surface area contributed by atoms with Gasteiger partial charge < -0.3 is 4.57 Å². The van der Waals surface area contributed by atoms with Crippen LogP contribution in [0.25, 0.3) is 100 Å². The molecule has 4 heterocycles. The molecule has 6 nitrogen and oxygen atoms in total. The molecule has 7 aromatic carbocycles. The van der Waals surface area contributed by atoms with Crippen molar-refractivity contribution in [3.05, 3.63) is 194 Å². The van der Waals surface area contributed by atoms with E-state index in [9.17, 15) is 0 Å². The Morgan fingerprint density at radius 2 is 0.804 bits per heavy atom. The fraction of sp³-hybridized carbons (Fsp3) is 0. The first-order valence-electron chi connectivity index (χ1n) is 18.7. The van der Waals surface area contributed by atoms with E-state index in [1.807, 2.05) is 72.9 Å². The summed E-state index contributed by atoms with van der Waals surface area (Å²) in [4.78, 5) is 19.9. The van der Waals surface area contributed by atoms with E-state index in [4.69, 9.17) is 19.9 Å². The van der Waals surface area contributed by atoms with Crippen LogP contribution in [0.2, 0.25) is 0 Å². The second-order valence-electron chi connectivity index (χ2n) is 14.0. The van der Waals surface area contributed by atoms with Crippen molar-refractivity contribution in [3.8, 4) is 56.7 Å². The summed E-state index contributed by atoms with van der Waals surface area (Å²) < 4.78 is 4.63. The summed E-state index contributed by atoms with van der Waals surface area (Å²) in [5.74, 6) is 1.87. The zero-order valence-electron chi connectivity index (χ0n) is 30.2. The highest BCUT2D eigenvalue weighted by Gasteiger charge is 2.18. The molecule has 0 spiro atoms. The maximum atomic E-state index is 5.02. The van der Waals surface area contributed by atoms with E-state index in [1.54, 1.807) is 0 Å². The van der Waals surface area contributed by atoms with E-state index in [0.29, 0.717) is 17.5 Å². The summed E-state index contributed by atoms with van der Waals surface area (Å²) in [5.41, 5.74) is 11.5. The van der Waals surface area contributed by atoms with Gasteiger partial charge in [0.15, 0.2) is 17.5 Å². The number of aromatic nitrogens is 6. The molecular formula is C50H32N6. The lowest BCUT2D eigenvalue weighted by molar-refractivity contribution is 1.07. The lowest BCUT2D eigenvalue weighted by atomic mass is 10.0. The first-order chi connectivity index (χ1) is 27.8. The van der Waals surface area contributed by atoms with Crippen LogP contribution >= 0.6 is 0 Å². The van der Waals surface area contributed by atoms with Crippen LogP contribution in [0, 0.1) is 0 Å². The van der Waals surface area contributed by atoms with Gasteiger partial charge in [-0.25, -0.2) is 19.9 Å². The quantitative estimate of drug-likeness (QED) is 0.172. The number of hydrogen-bond acceptors (Lipinski definition) is 4. The summed E-state index contributed by atoms with van der Waals surface area (Å²) in [7, 11) is 0. The van der Waals surface area contributed by atoms with Crippen molar-refractivity contribution in [1.82, 2.24) is 29.1 Å². The molecule has 0 saturated carbocycles. The van der Waals surface area contributed by atoms with E-state index < -0.39 is 0 Å². The SMILES string of the molecule is c1ccc(-c2nc(-c3ccccc3)nc(-c3cccc(-n4c5cc(-c6ccc7c8ccccc8n(-c8ccccc8)c7c6)ccc5c5cccnc54)c3)n2)cc1. The Balaban J connectivity index is 1.08. The third-order valence-corrected chi connectivity index (χ3v) is 10.6. The fourth-order valence-electron chi connectivity index (χ4n) is 8.01. The third kappa shape index (κ3) is 5.27. The molecule has 0 bridgehead atoms. The van der Waals surface area contributed by atoms with Gasteiger partial charge in [-0.1, -0.05) is 133 Å². The minimum absolute atomic E-state index is 0.607. The second-order valence-corrected chi connectivity index (χ2v) is 14.0. The minimum Gasteiger partial charge on any atom is -0.309 e. The predicted molar refractivity (Wildman–Crippen MR) is 228 cm³/mol. The molecule has 0 aliphatic heterocycles. The lowest BCUT2D eigenvalue weighted by Gasteiger charge is -2.12. The zero-order valence-corrected chi connectivity index (χ0v) is 30.2. The Morgan fingerprint density at radius 1 is 0.304 bits per heavy atom. The van der Waals surface area contributed by atoms with E-state index in [0.717, 1.165) is 61.1 Å². The van der Waals surface area contributed by atoms with Gasteiger partial charge in [0, 0.05) is 55.8 Å². The molecule has 0 saturated heterocycles. The van der Waals surface area contributed by atoms with Crippen molar-refractivity contribution in [2.75, 3.05) is 0 Å². The molecular weight excluding hydrogens is 685 g/mol. The average Bonchev–Trinajstić information content (AvgIpc) is 3.79. The number of pyridine rings is 1. The first kappa shape index (κ1) is 31.8. The van der Waals surface area contributed by atoms with Crippen molar-refractivity contribution in [2.24, 2.45) is 0 Å². The molecule has 6 heteroatoms. The van der Waals surface area contributed by atoms with Crippen LogP contribution in [0.4, 0.5) is 0 Å². The Morgan fingerprint density at radius 3 is 1.48 bits per heavy atom. The topological polar surface area (TPSA) is 61.4 Å². The van der Waals surface area contributed by atoms with Crippen molar-refractivity contribution < 1.29 is 0 Å². The normalized spacial score (nSPS) is 11.6. The van der Waals surface area contributed by atoms with E-state index in [2.05, 4.69) is 130 Å². The molecule has 0 fully saturated rings. The zero-order chi connectivity index (χ0) is 37.0.